The Labute approximate surface area is 156 Å². The van der Waals surface area contributed by atoms with Crippen LogP contribution in [-0.4, -0.2) is 42.3 Å². The Balaban J connectivity index is 1.61. The highest BCUT2D eigenvalue weighted by molar-refractivity contribution is 5.94. The van der Waals surface area contributed by atoms with Gasteiger partial charge in [0, 0.05) is 37.4 Å². The van der Waals surface area contributed by atoms with E-state index in [1.165, 1.54) is 0 Å². The smallest absolute Gasteiger partial charge is 0.255 e. The number of carbonyl (C=O) groups excluding carboxylic acids is 1. The van der Waals surface area contributed by atoms with Crippen molar-refractivity contribution in [3.63, 3.8) is 0 Å². The third kappa shape index (κ3) is 3.74. The molecule has 1 fully saturated rings. The number of rotatable bonds is 4. The van der Waals surface area contributed by atoms with E-state index in [2.05, 4.69) is 30.2 Å². The van der Waals surface area contributed by atoms with Crippen LogP contribution in [0.3, 0.4) is 0 Å². The predicted octanol–water partition coefficient (Wildman–Crippen LogP) is 2.69. The Morgan fingerprint density at radius 3 is 2.81 bits per heavy atom. The second-order valence-corrected chi connectivity index (χ2v) is 6.32. The Morgan fingerprint density at radius 2 is 2.04 bits per heavy atom. The van der Waals surface area contributed by atoms with Crippen molar-refractivity contribution in [3.8, 4) is 0 Å². The average Bonchev–Trinajstić information content (AvgIpc) is 3.18. The van der Waals surface area contributed by atoms with Crippen molar-refractivity contribution < 1.29 is 4.79 Å². The molecule has 1 aliphatic rings. The maximum atomic E-state index is 12.9. The summed E-state index contributed by atoms with van der Waals surface area (Å²) >= 11 is 0. The normalized spacial score (nSPS) is 16.3. The highest BCUT2D eigenvalue weighted by atomic mass is 16.2. The van der Waals surface area contributed by atoms with Gasteiger partial charge in [0.05, 0.1) is 17.3 Å². The zero-order valence-corrected chi connectivity index (χ0v) is 14.9. The third-order valence-corrected chi connectivity index (χ3v) is 4.43. The fourth-order valence-corrected chi connectivity index (χ4v) is 3.28. The van der Waals surface area contributed by atoms with Crippen molar-refractivity contribution in [2.45, 2.75) is 25.8 Å². The van der Waals surface area contributed by atoms with Gasteiger partial charge in [0.25, 0.3) is 5.91 Å². The molecule has 0 bridgehead atoms. The molecule has 3 aromatic rings. The summed E-state index contributed by atoms with van der Waals surface area (Å²) in [7, 11) is 0. The maximum absolute atomic E-state index is 12.9. The molecule has 4 rings (SSSR count). The van der Waals surface area contributed by atoms with Gasteiger partial charge in [-0.15, -0.1) is 0 Å². The minimum Gasteiger partial charge on any atom is -0.330 e. The lowest BCUT2D eigenvalue weighted by molar-refractivity contribution is 0.0732. The summed E-state index contributed by atoms with van der Waals surface area (Å²) < 4.78 is 0. The molecule has 0 spiro atoms. The molecule has 4 heterocycles. The van der Waals surface area contributed by atoms with Crippen molar-refractivity contribution in [3.05, 3.63) is 66.1 Å². The lowest BCUT2D eigenvalue weighted by Crippen LogP contribution is -2.31. The number of aromatic nitrogens is 5. The van der Waals surface area contributed by atoms with Crippen molar-refractivity contribution in [2.24, 2.45) is 0 Å². The molecule has 0 aliphatic carbocycles. The standard InChI is InChI=1S/C19H19N7O/c1-13-23-15(11-17(24-13)25-19-21-8-4-9-22-19)16-6-3-10-26(16)18(27)14-5-2-7-20-12-14/h2,4-5,7-9,11-12,16H,3,6,10H2,1H3,(H,21,22,23,24,25)/t16-/m1/s1. The quantitative estimate of drug-likeness (QED) is 0.763. The van der Waals surface area contributed by atoms with Gasteiger partial charge in [-0.05, 0) is 38.0 Å². The number of hydrogen-bond acceptors (Lipinski definition) is 7. The van der Waals surface area contributed by atoms with Gasteiger partial charge in [-0.3, -0.25) is 9.78 Å². The first-order valence-electron chi connectivity index (χ1n) is 8.81. The highest BCUT2D eigenvalue weighted by Crippen LogP contribution is 2.33. The average molecular weight is 361 g/mol. The van der Waals surface area contributed by atoms with Gasteiger partial charge in [0.15, 0.2) is 0 Å². The summed E-state index contributed by atoms with van der Waals surface area (Å²) in [5.41, 5.74) is 1.40. The van der Waals surface area contributed by atoms with E-state index in [-0.39, 0.29) is 11.9 Å². The van der Waals surface area contributed by atoms with Crippen LogP contribution in [0.15, 0.2) is 49.1 Å². The van der Waals surface area contributed by atoms with E-state index >= 15 is 0 Å². The lowest BCUT2D eigenvalue weighted by Gasteiger charge is -2.24. The van der Waals surface area contributed by atoms with Crippen molar-refractivity contribution in [2.75, 3.05) is 11.9 Å². The molecule has 1 amide bonds. The molecule has 1 saturated heterocycles. The number of amides is 1. The topological polar surface area (TPSA) is 96.8 Å². The minimum absolute atomic E-state index is 0.0252. The number of hydrogen-bond donors (Lipinski definition) is 1. The molecule has 0 aromatic carbocycles. The van der Waals surface area contributed by atoms with E-state index in [4.69, 9.17) is 0 Å². The summed E-state index contributed by atoms with van der Waals surface area (Å²) in [5, 5.41) is 3.10. The summed E-state index contributed by atoms with van der Waals surface area (Å²) in [6, 6.07) is 7.09. The van der Waals surface area contributed by atoms with E-state index in [1.54, 1.807) is 43.0 Å². The number of nitrogens with zero attached hydrogens (tertiary/aromatic N) is 6. The summed E-state index contributed by atoms with van der Waals surface area (Å²) in [6.07, 6.45) is 8.39. The van der Waals surface area contributed by atoms with Gasteiger partial charge in [-0.1, -0.05) is 0 Å². The molecule has 1 aliphatic heterocycles. The molecule has 1 atom stereocenters. The van der Waals surface area contributed by atoms with Crippen LogP contribution in [0.1, 0.15) is 40.8 Å². The monoisotopic (exact) mass is 361 g/mol. The molecule has 8 heteroatoms. The predicted molar refractivity (Wildman–Crippen MR) is 99.3 cm³/mol. The molecule has 0 saturated carbocycles. The fourth-order valence-electron chi connectivity index (χ4n) is 3.28. The molecule has 1 N–H and O–H groups in total. The maximum Gasteiger partial charge on any atom is 0.255 e. The molecule has 0 radical (unpaired) electrons. The molecule has 27 heavy (non-hydrogen) atoms. The number of pyridine rings is 1. The van der Waals surface area contributed by atoms with E-state index in [0.717, 1.165) is 18.5 Å². The number of nitrogens with one attached hydrogen (secondary N) is 1. The molecule has 3 aromatic heterocycles. The SMILES string of the molecule is Cc1nc(Nc2ncccn2)cc([C@H]2CCCN2C(=O)c2cccnc2)n1. The van der Waals surface area contributed by atoms with Crippen LogP contribution in [0.5, 0.6) is 0 Å². The van der Waals surface area contributed by atoms with Gasteiger partial charge < -0.3 is 10.2 Å². The number of aryl methyl sites for hydroxylation is 1. The van der Waals surface area contributed by atoms with Crippen LogP contribution >= 0.6 is 0 Å². The third-order valence-electron chi connectivity index (χ3n) is 4.43. The van der Waals surface area contributed by atoms with Crippen LogP contribution in [-0.2, 0) is 0 Å². The van der Waals surface area contributed by atoms with E-state index in [1.807, 2.05) is 17.9 Å². The Hall–Kier alpha value is -3.42. The molecule has 8 nitrogen and oxygen atoms in total. The summed E-state index contributed by atoms with van der Waals surface area (Å²) in [4.78, 5) is 36.1. The van der Waals surface area contributed by atoms with E-state index in [0.29, 0.717) is 29.7 Å². The minimum atomic E-state index is -0.0864. The van der Waals surface area contributed by atoms with Gasteiger partial charge in [0.2, 0.25) is 5.95 Å². The first-order valence-corrected chi connectivity index (χ1v) is 8.81. The molecule has 0 unspecified atom stereocenters. The van der Waals surface area contributed by atoms with Crippen molar-refractivity contribution >= 4 is 17.7 Å². The van der Waals surface area contributed by atoms with Gasteiger partial charge in [-0.25, -0.2) is 19.9 Å². The lowest BCUT2D eigenvalue weighted by atomic mass is 10.1. The van der Waals surface area contributed by atoms with Crippen LogP contribution in [0.2, 0.25) is 0 Å². The number of likely N-dealkylation sites (tertiary alicyclic amines) is 1. The van der Waals surface area contributed by atoms with E-state index < -0.39 is 0 Å². The van der Waals surface area contributed by atoms with Crippen molar-refractivity contribution in [1.82, 2.24) is 29.8 Å². The zero-order chi connectivity index (χ0) is 18.6. The first-order chi connectivity index (χ1) is 13.2. The zero-order valence-electron chi connectivity index (χ0n) is 14.9. The number of carbonyl (C=O) groups is 1. The van der Waals surface area contributed by atoms with Crippen molar-refractivity contribution in [1.29, 1.82) is 0 Å². The second-order valence-electron chi connectivity index (χ2n) is 6.32. The molecular weight excluding hydrogens is 342 g/mol. The number of anilines is 2. The Bertz CT molecular complexity index is 933. The largest absolute Gasteiger partial charge is 0.330 e. The van der Waals surface area contributed by atoms with Gasteiger partial charge in [0.1, 0.15) is 11.6 Å². The second kappa shape index (κ2) is 7.45. The fraction of sp³-hybridized carbons (Fsp3) is 0.263. The van der Waals surface area contributed by atoms with Crippen LogP contribution in [0, 0.1) is 6.92 Å². The Kier molecular flexibility index (Phi) is 4.69. The first kappa shape index (κ1) is 17.0. The highest BCUT2D eigenvalue weighted by Gasteiger charge is 2.32. The van der Waals surface area contributed by atoms with Gasteiger partial charge in [-0.2, -0.15) is 0 Å². The summed E-state index contributed by atoms with van der Waals surface area (Å²) in [6.45, 7) is 2.54. The Morgan fingerprint density at radius 1 is 1.19 bits per heavy atom. The van der Waals surface area contributed by atoms with Crippen LogP contribution in [0.25, 0.3) is 0 Å². The van der Waals surface area contributed by atoms with E-state index in [9.17, 15) is 4.79 Å². The van der Waals surface area contributed by atoms with Crippen LogP contribution in [0.4, 0.5) is 11.8 Å². The molecular formula is C19H19N7O. The summed E-state index contributed by atoms with van der Waals surface area (Å²) in [5.74, 6) is 1.69. The van der Waals surface area contributed by atoms with Crippen LogP contribution < -0.4 is 5.32 Å². The molecule has 136 valence electrons. The van der Waals surface area contributed by atoms with Gasteiger partial charge >= 0.3 is 0 Å².